The third-order valence-corrected chi connectivity index (χ3v) is 3.11. The molecule has 0 unspecified atom stereocenters. The maximum atomic E-state index is 14.4. The van der Waals surface area contributed by atoms with Crippen LogP contribution in [-0.4, -0.2) is 20.2 Å². The van der Waals surface area contributed by atoms with Crippen LogP contribution in [0.25, 0.3) is 11.1 Å². The lowest BCUT2D eigenvalue weighted by Gasteiger charge is -2.14. The van der Waals surface area contributed by atoms with Gasteiger partial charge in [-0.25, -0.2) is 18.0 Å². The highest BCUT2D eigenvalue weighted by Gasteiger charge is 2.26. The molecule has 0 heterocycles. The minimum atomic E-state index is -1.26. The summed E-state index contributed by atoms with van der Waals surface area (Å²) in [6.45, 7) is 0. The van der Waals surface area contributed by atoms with E-state index in [1.54, 1.807) is 0 Å². The molecule has 22 heavy (non-hydrogen) atoms. The first-order valence-corrected chi connectivity index (χ1v) is 6.11. The maximum absolute atomic E-state index is 14.4. The molecule has 116 valence electrons. The molecule has 7 heteroatoms. The Morgan fingerprint density at radius 2 is 1.77 bits per heavy atom. The summed E-state index contributed by atoms with van der Waals surface area (Å²) in [5.41, 5.74) is 3.27. The molecule has 0 amide bonds. The third kappa shape index (κ3) is 2.45. The Morgan fingerprint density at radius 1 is 1.09 bits per heavy atom. The van der Waals surface area contributed by atoms with Crippen molar-refractivity contribution in [2.75, 3.05) is 20.0 Å². The van der Waals surface area contributed by atoms with Crippen LogP contribution in [0.4, 0.5) is 18.9 Å². The Hall–Kier alpha value is -2.70. The van der Waals surface area contributed by atoms with Crippen molar-refractivity contribution < 1.29 is 27.4 Å². The molecular weight excluding hydrogens is 299 g/mol. The van der Waals surface area contributed by atoms with Crippen molar-refractivity contribution >= 4 is 11.7 Å². The zero-order valence-electron chi connectivity index (χ0n) is 11.7. The number of nitrogens with two attached hydrogens (primary N) is 1. The summed E-state index contributed by atoms with van der Waals surface area (Å²) < 4.78 is 52.0. The molecule has 0 aliphatic heterocycles. The van der Waals surface area contributed by atoms with Gasteiger partial charge in [0.15, 0.2) is 5.82 Å². The van der Waals surface area contributed by atoms with E-state index < -0.39 is 45.8 Å². The lowest BCUT2D eigenvalue weighted by molar-refractivity contribution is 0.0601. The number of carbonyl (C=O) groups is 1. The molecule has 4 nitrogen and oxygen atoms in total. The zero-order chi connectivity index (χ0) is 16.4. The van der Waals surface area contributed by atoms with Crippen LogP contribution in [0, 0.1) is 17.5 Å². The molecule has 0 saturated heterocycles. The fourth-order valence-electron chi connectivity index (χ4n) is 2.06. The Balaban J connectivity index is 2.79. The van der Waals surface area contributed by atoms with Crippen LogP contribution < -0.4 is 10.5 Å². The average Bonchev–Trinajstić information content (AvgIpc) is 2.51. The average molecular weight is 311 g/mol. The van der Waals surface area contributed by atoms with Gasteiger partial charge in [0.1, 0.15) is 17.4 Å². The van der Waals surface area contributed by atoms with Gasteiger partial charge in [0.25, 0.3) is 0 Å². The first-order chi connectivity index (χ1) is 10.4. The molecular formula is C15H12F3NO3. The highest BCUT2D eigenvalue weighted by molar-refractivity contribution is 5.96. The van der Waals surface area contributed by atoms with Gasteiger partial charge in [0, 0.05) is 0 Å². The topological polar surface area (TPSA) is 61.5 Å². The number of rotatable bonds is 3. The first-order valence-electron chi connectivity index (χ1n) is 6.11. The summed E-state index contributed by atoms with van der Waals surface area (Å²) in [6.07, 6.45) is 0. The van der Waals surface area contributed by atoms with Gasteiger partial charge in [-0.05, 0) is 18.2 Å². The van der Waals surface area contributed by atoms with Gasteiger partial charge in [0.2, 0.25) is 0 Å². The number of carbonyl (C=O) groups excluding carboxylic acids is 1. The Bertz CT molecular complexity index is 747. The second-order valence-corrected chi connectivity index (χ2v) is 4.32. The fourth-order valence-corrected chi connectivity index (χ4v) is 2.06. The minimum Gasteiger partial charge on any atom is -0.496 e. The number of nitrogen functional groups attached to an aromatic ring is 1. The molecule has 0 bridgehead atoms. The van der Waals surface area contributed by atoms with Gasteiger partial charge >= 0.3 is 5.97 Å². The molecule has 0 aromatic heterocycles. The van der Waals surface area contributed by atoms with E-state index in [-0.39, 0.29) is 5.75 Å². The molecule has 0 saturated carbocycles. The lowest BCUT2D eigenvalue weighted by Crippen LogP contribution is -2.10. The van der Waals surface area contributed by atoms with E-state index in [1.807, 2.05) is 0 Å². The van der Waals surface area contributed by atoms with Crippen molar-refractivity contribution in [1.29, 1.82) is 0 Å². The molecule has 0 atom stereocenters. The highest BCUT2D eigenvalue weighted by atomic mass is 19.1. The number of methoxy groups -OCH3 is 2. The summed E-state index contributed by atoms with van der Waals surface area (Å²) in [4.78, 5) is 11.4. The van der Waals surface area contributed by atoms with E-state index in [2.05, 4.69) is 4.74 Å². The van der Waals surface area contributed by atoms with Crippen LogP contribution >= 0.6 is 0 Å². The molecule has 0 fully saturated rings. The third-order valence-electron chi connectivity index (χ3n) is 3.11. The Kier molecular flexibility index (Phi) is 4.25. The van der Waals surface area contributed by atoms with Crippen molar-refractivity contribution in [2.24, 2.45) is 0 Å². The molecule has 2 aromatic rings. The van der Waals surface area contributed by atoms with E-state index in [9.17, 15) is 18.0 Å². The maximum Gasteiger partial charge on any atom is 0.340 e. The smallest absolute Gasteiger partial charge is 0.340 e. The van der Waals surface area contributed by atoms with Crippen molar-refractivity contribution in [2.45, 2.75) is 0 Å². The van der Waals surface area contributed by atoms with Crippen LogP contribution in [0.5, 0.6) is 5.75 Å². The number of esters is 1. The molecule has 2 aromatic carbocycles. The quantitative estimate of drug-likeness (QED) is 0.699. The van der Waals surface area contributed by atoms with Crippen LogP contribution in [-0.2, 0) is 4.74 Å². The predicted molar refractivity (Wildman–Crippen MR) is 74.1 cm³/mol. The number of benzene rings is 2. The standard InChI is InChI=1S/C15H12F3NO3/c1-21-10-5-3-4-8(16)11(10)12-9(17)6-7(15(20)22-2)14(19)13(12)18/h3-6H,19H2,1-2H3. The van der Waals surface area contributed by atoms with Crippen molar-refractivity contribution in [3.63, 3.8) is 0 Å². The Labute approximate surface area is 124 Å². The largest absolute Gasteiger partial charge is 0.496 e. The van der Waals surface area contributed by atoms with Gasteiger partial charge in [-0.2, -0.15) is 0 Å². The first kappa shape index (κ1) is 15.7. The number of hydrogen-bond donors (Lipinski definition) is 1. The second kappa shape index (κ2) is 5.97. The van der Waals surface area contributed by atoms with Gasteiger partial charge in [-0.15, -0.1) is 0 Å². The fraction of sp³-hybridized carbons (Fsp3) is 0.133. The molecule has 0 radical (unpaired) electrons. The molecule has 0 aliphatic rings. The molecule has 0 aliphatic carbocycles. The van der Waals surface area contributed by atoms with E-state index in [1.165, 1.54) is 19.2 Å². The van der Waals surface area contributed by atoms with Crippen LogP contribution in [0.1, 0.15) is 10.4 Å². The van der Waals surface area contributed by atoms with Crippen molar-refractivity contribution in [1.82, 2.24) is 0 Å². The summed E-state index contributed by atoms with van der Waals surface area (Å²) in [5, 5.41) is 0. The normalized spacial score (nSPS) is 10.4. The van der Waals surface area contributed by atoms with Gasteiger partial charge < -0.3 is 15.2 Å². The number of ether oxygens (including phenoxy) is 2. The molecule has 2 N–H and O–H groups in total. The van der Waals surface area contributed by atoms with E-state index in [4.69, 9.17) is 10.5 Å². The van der Waals surface area contributed by atoms with E-state index in [0.29, 0.717) is 6.07 Å². The SMILES string of the molecule is COC(=O)c1cc(F)c(-c2c(F)cccc2OC)c(F)c1N. The molecule has 0 spiro atoms. The molecule has 2 rings (SSSR count). The summed E-state index contributed by atoms with van der Waals surface area (Å²) in [6, 6.07) is 4.41. The monoisotopic (exact) mass is 311 g/mol. The van der Waals surface area contributed by atoms with E-state index in [0.717, 1.165) is 13.2 Å². The lowest BCUT2D eigenvalue weighted by atomic mass is 9.99. The number of hydrogen-bond acceptors (Lipinski definition) is 4. The van der Waals surface area contributed by atoms with Gasteiger partial charge in [-0.3, -0.25) is 0 Å². The minimum absolute atomic E-state index is 0.0666. The number of anilines is 1. The van der Waals surface area contributed by atoms with Gasteiger partial charge in [-0.1, -0.05) is 6.07 Å². The Morgan fingerprint density at radius 3 is 2.36 bits per heavy atom. The van der Waals surface area contributed by atoms with Crippen LogP contribution in [0.3, 0.4) is 0 Å². The van der Waals surface area contributed by atoms with E-state index >= 15 is 0 Å². The predicted octanol–water partition coefficient (Wildman–Crippen LogP) is 3.15. The van der Waals surface area contributed by atoms with Gasteiger partial charge in [0.05, 0.1) is 36.6 Å². The number of halogens is 3. The summed E-state index contributed by atoms with van der Waals surface area (Å²) >= 11 is 0. The van der Waals surface area contributed by atoms with Crippen LogP contribution in [0.15, 0.2) is 24.3 Å². The van der Waals surface area contributed by atoms with Crippen LogP contribution in [0.2, 0.25) is 0 Å². The summed E-state index contributed by atoms with van der Waals surface area (Å²) in [7, 11) is 2.28. The summed E-state index contributed by atoms with van der Waals surface area (Å²) in [5.74, 6) is -4.37. The second-order valence-electron chi connectivity index (χ2n) is 4.32. The highest BCUT2D eigenvalue weighted by Crippen LogP contribution is 2.38. The van der Waals surface area contributed by atoms with Crippen molar-refractivity contribution in [3.05, 3.63) is 47.3 Å². The van der Waals surface area contributed by atoms with Crippen molar-refractivity contribution in [3.8, 4) is 16.9 Å². The zero-order valence-corrected chi connectivity index (χ0v) is 11.7.